The lowest BCUT2D eigenvalue weighted by atomic mass is 9.50. The van der Waals surface area contributed by atoms with Crippen LogP contribution >= 0.6 is 0 Å². The predicted molar refractivity (Wildman–Crippen MR) is 104 cm³/mol. The van der Waals surface area contributed by atoms with Crippen LogP contribution in [0.15, 0.2) is 0 Å². The van der Waals surface area contributed by atoms with Gasteiger partial charge in [-0.2, -0.15) is 0 Å². The topological polar surface area (TPSA) is 17.1 Å². The Balaban J connectivity index is 1.55. The fraction of sp³-hybridized carbons (Fsp3) is 0.958. The van der Waals surface area contributed by atoms with E-state index in [1.807, 2.05) is 0 Å². The van der Waals surface area contributed by atoms with Crippen LogP contribution in [0.4, 0.5) is 0 Å². The molecule has 1 unspecified atom stereocenters. The Labute approximate surface area is 155 Å². The van der Waals surface area contributed by atoms with E-state index in [1.165, 1.54) is 51.4 Å². The maximum Gasteiger partial charge on any atom is 0.136 e. The lowest BCUT2D eigenvalue weighted by Gasteiger charge is -2.55. The molecule has 0 amide bonds. The summed E-state index contributed by atoms with van der Waals surface area (Å²) in [6, 6.07) is 0. The van der Waals surface area contributed by atoms with Crippen molar-refractivity contribution >= 4 is 5.78 Å². The first-order valence-corrected chi connectivity index (χ1v) is 11.5. The van der Waals surface area contributed by atoms with Gasteiger partial charge in [0.25, 0.3) is 0 Å². The Kier molecular flexibility index (Phi) is 4.82. The Morgan fingerprint density at radius 2 is 1.72 bits per heavy atom. The van der Waals surface area contributed by atoms with E-state index in [9.17, 15) is 4.79 Å². The van der Waals surface area contributed by atoms with Crippen molar-refractivity contribution in [3.63, 3.8) is 0 Å². The van der Waals surface area contributed by atoms with Gasteiger partial charge in [0.05, 0.1) is 0 Å². The molecule has 0 bridgehead atoms. The van der Waals surface area contributed by atoms with Crippen molar-refractivity contribution in [2.24, 2.45) is 52.8 Å². The lowest BCUT2D eigenvalue weighted by molar-refractivity contribution is -0.124. The molecule has 4 aliphatic rings. The van der Waals surface area contributed by atoms with Crippen molar-refractivity contribution < 1.29 is 4.79 Å². The first-order valence-electron chi connectivity index (χ1n) is 11.5. The van der Waals surface area contributed by atoms with E-state index < -0.39 is 0 Å². The van der Waals surface area contributed by atoms with Crippen LogP contribution in [0.1, 0.15) is 91.9 Å². The van der Waals surface area contributed by atoms with Gasteiger partial charge in [-0.3, -0.25) is 4.79 Å². The number of carbonyl (C=O) groups excluding carboxylic acids is 1. The van der Waals surface area contributed by atoms with Gasteiger partial charge in [0.2, 0.25) is 0 Å². The summed E-state index contributed by atoms with van der Waals surface area (Å²) < 4.78 is 0. The summed E-state index contributed by atoms with van der Waals surface area (Å²) >= 11 is 0. The largest absolute Gasteiger partial charge is 0.299 e. The Hall–Kier alpha value is -0.330. The highest BCUT2D eigenvalue weighted by molar-refractivity contribution is 5.81. The fourth-order valence-electron chi connectivity index (χ4n) is 8.48. The van der Waals surface area contributed by atoms with Crippen molar-refractivity contribution in [1.29, 1.82) is 0 Å². The average molecular weight is 345 g/mol. The SMILES string of the molecule is CCC1CC[C@H]2[C@H](CC[C@@H]3[C@@H]2CC[C@]2(C)[C@@H](C(C)C)CC[C@@H]32)CC1=O. The van der Waals surface area contributed by atoms with Gasteiger partial charge in [0.1, 0.15) is 5.78 Å². The highest BCUT2D eigenvalue weighted by atomic mass is 16.1. The molecule has 8 atom stereocenters. The van der Waals surface area contributed by atoms with Gasteiger partial charge in [0.15, 0.2) is 0 Å². The molecular formula is C24H40O. The van der Waals surface area contributed by atoms with Gasteiger partial charge >= 0.3 is 0 Å². The van der Waals surface area contributed by atoms with E-state index in [0.717, 1.165) is 54.3 Å². The summed E-state index contributed by atoms with van der Waals surface area (Å²) in [7, 11) is 0. The van der Waals surface area contributed by atoms with E-state index in [4.69, 9.17) is 0 Å². The molecule has 0 heterocycles. The number of fused-ring (bicyclic) bond motifs is 5. The standard InChI is InChI=1S/C24H40O/c1-5-16-6-8-18-17(14-23(16)25)7-9-20-19(18)12-13-24(4)21(15(2)3)10-11-22(20)24/h15-22H,5-14H2,1-4H3/t16?,17-,18+,19-,20-,21-,22+,24-/m1/s1. The number of rotatable bonds is 2. The summed E-state index contributed by atoms with van der Waals surface area (Å²) in [5.41, 5.74) is 0.620. The number of hydrogen-bond donors (Lipinski definition) is 0. The van der Waals surface area contributed by atoms with Crippen LogP contribution < -0.4 is 0 Å². The summed E-state index contributed by atoms with van der Waals surface area (Å²) in [5, 5.41) is 0. The van der Waals surface area contributed by atoms with Crippen molar-refractivity contribution in [1.82, 2.24) is 0 Å². The van der Waals surface area contributed by atoms with Crippen LogP contribution in [0.5, 0.6) is 0 Å². The summed E-state index contributed by atoms with van der Waals surface area (Å²) in [6.45, 7) is 9.80. The minimum Gasteiger partial charge on any atom is -0.299 e. The molecule has 0 N–H and O–H groups in total. The normalized spacial score (nSPS) is 50.1. The second kappa shape index (κ2) is 6.68. The molecule has 4 rings (SSSR count). The minimum atomic E-state index is 0.384. The van der Waals surface area contributed by atoms with Crippen LogP contribution in [-0.2, 0) is 4.79 Å². The maximum absolute atomic E-state index is 12.6. The van der Waals surface area contributed by atoms with Crippen LogP contribution in [-0.4, -0.2) is 5.78 Å². The van der Waals surface area contributed by atoms with Crippen LogP contribution in [0.25, 0.3) is 0 Å². The molecule has 4 aliphatic carbocycles. The van der Waals surface area contributed by atoms with Crippen LogP contribution in [0.2, 0.25) is 0 Å². The Bertz CT molecular complexity index is 508. The molecule has 0 aromatic rings. The molecule has 0 aliphatic heterocycles. The third-order valence-corrected chi connectivity index (χ3v) is 9.66. The smallest absolute Gasteiger partial charge is 0.136 e. The number of carbonyl (C=O) groups is 1. The van der Waals surface area contributed by atoms with E-state index >= 15 is 0 Å². The fourth-order valence-corrected chi connectivity index (χ4v) is 8.48. The molecule has 0 radical (unpaired) electrons. The molecule has 25 heavy (non-hydrogen) atoms. The summed E-state index contributed by atoms with van der Waals surface area (Å²) in [4.78, 5) is 12.6. The van der Waals surface area contributed by atoms with Gasteiger partial charge < -0.3 is 0 Å². The molecule has 1 nitrogen and oxygen atoms in total. The molecule has 0 aromatic heterocycles. The zero-order valence-electron chi connectivity index (χ0n) is 17.1. The molecule has 1 heteroatoms. The molecule has 0 aromatic carbocycles. The van der Waals surface area contributed by atoms with E-state index in [1.54, 1.807) is 0 Å². The van der Waals surface area contributed by atoms with Gasteiger partial charge in [-0.1, -0.05) is 27.7 Å². The summed E-state index contributed by atoms with van der Waals surface area (Å²) in [6.07, 6.45) is 13.2. The molecule has 4 saturated carbocycles. The number of hydrogen-bond acceptors (Lipinski definition) is 1. The zero-order valence-corrected chi connectivity index (χ0v) is 17.1. The second-order valence-corrected chi connectivity index (χ2v) is 10.8. The zero-order chi connectivity index (χ0) is 17.8. The molecule has 0 saturated heterocycles. The van der Waals surface area contributed by atoms with E-state index in [-0.39, 0.29) is 0 Å². The third-order valence-electron chi connectivity index (χ3n) is 9.66. The van der Waals surface area contributed by atoms with Gasteiger partial charge in [-0.15, -0.1) is 0 Å². The van der Waals surface area contributed by atoms with Crippen molar-refractivity contribution in [2.75, 3.05) is 0 Å². The van der Waals surface area contributed by atoms with Crippen LogP contribution in [0.3, 0.4) is 0 Å². The molecule has 0 spiro atoms. The third kappa shape index (κ3) is 2.83. The Morgan fingerprint density at radius 3 is 2.44 bits per heavy atom. The quantitative estimate of drug-likeness (QED) is 0.558. The van der Waals surface area contributed by atoms with Crippen molar-refractivity contribution in [2.45, 2.75) is 91.9 Å². The van der Waals surface area contributed by atoms with E-state index in [2.05, 4.69) is 27.7 Å². The lowest BCUT2D eigenvalue weighted by Crippen LogP contribution is -2.47. The van der Waals surface area contributed by atoms with E-state index in [0.29, 0.717) is 17.1 Å². The average Bonchev–Trinajstić information content (AvgIpc) is 2.84. The molecule has 142 valence electrons. The van der Waals surface area contributed by atoms with Gasteiger partial charge in [-0.25, -0.2) is 0 Å². The summed E-state index contributed by atoms with van der Waals surface area (Å²) in [5.74, 6) is 7.33. The minimum absolute atomic E-state index is 0.384. The molecule has 4 fully saturated rings. The second-order valence-electron chi connectivity index (χ2n) is 10.8. The maximum atomic E-state index is 12.6. The van der Waals surface area contributed by atoms with Crippen LogP contribution in [0, 0.1) is 52.8 Å². The monoisotopic (exact) mass is 344 g/mol. The van der Waals surface area contributed by atoms with Gasteiger partial charge in [-0.05, 0) is 105 Å². The highest BCUT2D eigenvalue weighted by Gasteiger charge is 2.57. The first-order chi connectivity index (χ1) is 12.0. The predicted octanol–water partition coefficient (Wildman–Crippen LogP) is 6.51. The number of Topliss-reactive ketones (excluding diaryl/α,β-unsaturated/α-hetero) is 1. The van der Waals surface area contributed by atoms with Gasteiger partial charge in [0, 0.05) is 12.3 Å². The first kappa shape index (κ1) is 18.1. The van der Waals surface area contributed by atoms with Crippen molar-refractivity contribution in [3.05, 3.63) is 0 Å². The highest BCUT2D eigenvalue weighted by Crippen LogP contribution is 2.65. The van der Waals surface area contributed by atoms with Crippen molar-refractivity contribution in [3.8, 4) is 0 Å². The molecular weight excluding hydrogens is 304 g/mol. The number of ketones is 1. The Morgan fingerprint density at radius 1 is 0.960 bits per heavy atom.